The fraction of sp³-hybridized carbons (Fsp3) is 0.833. The van der Waals surface area contributed by atoms with Gasteiger partial charge in [0.1, 0.15) is 6.23 Å². The predicted molar refractivity (Wildman–Crippen MR) is 63.7 cm³/mol. The number of aliphatic hydroxyl groups is 1. The van der Waals surface area contributed by atoms with Crippen LogP contribution in [0.5, 0.6) is 0 Å². The Hall–Kier alpha value is -1.14. The summed E-state index contributed by atoms with van der Waals surface area (Å²) in [4.78, 5) is 24.8. The van der Waals surface area contributed by atoms with E-state index < -0.39 is 35.3 Å². The third-order valence-electron chi connectivity index (χ3n) is 2.72. The van der Waals surface area contributed by atoms with Crippen LogP contribution in [0.15, 0.2) is 0 Å². The van der Waals surface area contributed by atoms with Crippen LogP contribution in [-0.4, -0.2) is 47.0 Å². The highest BCUT2D eigenvalue weighted by Crippen LogP contribution is 2.35. The van der Waals surface area contributed by atoms with Crippen molar-refractivity contribution in [3.05, 3.63) is 0 Å². The van der Waals surface area contributed by atoms with Crippen LogP contribution in [0.4, 0.5) is 4.79 Å². The molecule has 0 aromatic carbocycles. The molecule has 2 amide bonds. The molecule has 0 spiro atoms. The van der Waals surface area contributed by atoms with Gasteiger partial charge in [-0.1, -0.05) is 20.8 Å². The highest BCUT2D eigenvalue weighted by molar-refractivity contribution is 5.96. The molecule has 1 N–H and O–H groups in total. The van der Waals surface area contributed by atoms with Crippen molar-refractivity contribution in [2.24, 2.45) is 5.41 Å². The van der Waals surface area contributed by atoms with Gasteiger partial charge in [-0.15, -0.1) is 0 Å². The minimum Gasteiger partial charge on any atom is -0.452 e. The number of carbonyl (C=O) groups excluding carboxylic acids is 2. The Morgan fingerprint density at radius 3 is 2.17 bits per heavy atom. The van der Waals surface area contributed by atoms with Crippen molar-refractivity contribution in [3.8, 4) is 0 Å². The Morgan fingerprint density at radius 1 is 1.33 bits per heavy atom. The van der Waals surface area contributed by atoms with Crippen LogP contribution in [0.2, 0.25) is 0 Å². The summed E-state index contributed by atoms with van der Waals surface area (Å²) in [5.74, 6) is -0.575. The maximum atomic E-state index is 12.1. The highest BCUT2D eigenvalue weighted by Gasteiger charge is 2.54. The molecular formula is C12H21NO5. The van der Waals surface area contributed by atoms with Crippen molar-refractivity contribution in [1.82, 2.24) is 4.90 Å². The average Bonchev–Trinajstić information content (AvgIpc) is 2.53. The SMILES string of the molecule is COC(=O)N1C(=O)C(C(C)(C)O)OC1C(C)(C)C. The monoisotopic (exact) mass is 259 g/mol. The van der Waals surface area contributed by atoms with Crippen LogP contribution in [-0.2, 0) is 14.3 Å². The molecule has 1 fully saturated rings. The van der Waals surface area contributed by atoms with Crippen LogP contribution >= 0.6 is 0 Å². The van der Waals surface area contributed by atoms with E-state index in [0.29, 0.717) is 0 Å². The zero-order chi connectivity index (χ0) is 14.3. The summed E-state index contributed by atoms with van der Waals surface area (Å²) < 4.78 is 10.2. The topological polar surface area (TPSA) is 76.1 Å². The Balaban J connectivity index is 3.12. The van der Waals surface area contributed by atoms with Gasteiger partial charge in [0.05, 0.1) is 12.7 Å². The molecule has 6 nitrogen and oxygen atoms in total. The first-order chi connectivity index (χ1) is 8.00. The molecule has 0 bridgehead atoms. The van der Waals surface area contributed by atoms with E-state index in [-0.39, 0.29) is 0 Å². The van der Waals surface area contributed by atoms with E-state index in [0.717, 1.165) is 4.90 Å². The fourth-order valence-electron chi connectivity index (χ4n) is 1.83. The number of ether oxygens (including phenoxy) is 2. The van der Waals surface area contributed by atoms with Gasteiger partial charge in [-0.05, 0) is 13.8 Å². The molecule has 2 unspecified atom stereocenters. The van der Waals surface area contributed by atoms with Gasteiger partial charge in [0.2, 0.25) is 0 Å². The van der Waals surface area contributed by atoms with Crippen molar-refractivity contribution in [1.29, 1.82) is 0 Å². The predicted octanol–water partition coefficient (Wildman–Crippen LogP) is 1.12. The summed E-state index contributed by atoms with van der Waals surface area (Å²) in [6, 6.07) is 0. The highest BCUT2D eigenvalue weighted by atomic mass is 16.6. The lowest BCUT2D eigenvalue weighted by Crippen LogP contribution is -2.47. The van der Waals surface area contributed by atoms with Crippen molar-refractivity contribution in [2.75, 3.05) is 7.11 Å². The van der Waals surface area contributed by atoms with Gasteiger partial charge in [0, 0.05) is 5.41 Å². The van der Waals surface area contributed by atoms with Crippen LogP contribution in [0, 0.1) is 5.41 Å². The molecule has 0 aromatic rings. The van der Waals surface area contributed by atoms with E-state index in [1.807, 2.05) is 20.8 Å². The standard InChI is InChI=1S/C12H21NO5/c1-11(2,3)9-13(10(15)17-6)8(14)7(18-9)12(4,5)16/h7,9,16H,1-6H3. The third-order valence-corrected chi connectivity index (χ3v) is 2.72. The van der Waals surface area contributed by atoms with Crippen LogP contribution < -0.4 is 0 Å². The number of carbonyl (C=O) groups is 2. The molecule has 2 atom stereocenters. The van der Waals surface area contributed by atoms with Crippen molar-refractivity contribution < 1.29 is 24.2 Å². The summed E-state index contributed by atoms with van der Waals surface area (Å²) in [5, 5.41) is 9.92. The summed E-state index contributed by atoms with van der Waals surface area (Å²) in [5.41, 5.74) is -1.83. The molecule has 0 aliphatic carbocycles. The zero-order valence-electron chi connectivity index (χ0n) is 11.7. The second-order valence-electron chi connectivity index (χ2n) is 6.07. The van der Waals surface area contributed by atoms with Crippen LogP contribution in [0.1, 0.15) is 34.6 Å². The summed E-state index contributed by atoms with van der Waals surface area (Å²) in [7, 11) is 1.20. The van der Waals surface area contributed by atoms with Gasteiger partial charge in [0.25, 0.3) is 5.91 Å². The number of hydrogen-bond donors (Lipinski definition) is 1. The second-order valence-corrected chi connectivity index (χ2v) is 6.07. The normalized spacial score (nSPS) is 25.5. The minimum atomic E-state index is -1.36. The Labute approximate surface area is 107 Å². The summed E-state index contributed by atoms with van der Waals surface area (Å²) in [6.07, 6.45) is -2.60. The third kappa shape index (κ3) is 2.64. The molecule has 18 heavy (non-hydrogen) atoms. The number of rotatable bonds is 1. The lowest BCUT2D eigenvalue weighted by molar-refractivity contribution is -0.139. The first-order valence-corrected chi connectivity index (χ1v) is 5.79. The molecule has 6 heteroatoms. The van der Waals surface area contributed by atoms with Gasteiger partial charge >= 0.3 is 6.09 Å². The quantitative estimate of drug-likeness (QED) is 0.763. The number of nitrogens with zero attached hydrogens (tertiary/aromatic N) is 1. The maximum Gasteiger partial charge on any atom is 0.418 e. The lowest BCUT2D eigenvalue weighted by atomic mass is 9.94. The Morgan fingerprint density at radius 2 is 1.83 bits per heavy atom. The number of amides is 2. The molecule has 0 saturated carbocycles. The maximum absolute atomic E-state index is 12.1. The van der Waals surface area contributed by atoms with E-state index in [2.05, 4.69) is 4.74 Å². The van der Waals surface area contributed by atoms with E-state index in [9.17, 15) is 14.7 Å². The number of imide groups is 1. The molecular weight excluding hydrogens is 238 g/mol. The van der Waals surface area contributed by atoms with Crippen molar-refractivity contribution in [3.63, 3.8) is 0 Å². The van der Waals surface area contributed by atoms with E-state index in [4.69, 9.17) is 4.74 Å². The Bertz CT molecular complexity index is 352. The second kappa shape index (κ2) is 4.51. The van der Waals surface area contributed by atoms with E-state index in [1.54, 1.807) is 0 Å². The molecule has 1 heterocycles. The molecule has 1 aliphatic heterocycles. The molecule has 0 radical (unpaired) electrons. The van der Waals surface area contributed by atoms with E-state index in [1.165, 1.54) is 21.0 Å². The van der Waals surface area contributed by atoms with E-state index >= 15 is 0 Å². The van der Waals surface area contributed by atoms with Crippen LogP contribution in [0.3, 0.4) is 0 Å². The minimum absolute atomic E-state index is 0.468. The van der Waals surface area contributed by atoms with Crippen molar-refractivity contribution >= 4 is 12.0 Å². The van der Waals surface area contributed by atoms with Gasteiger partial charge in [0.15, 0.2) is 6.10 Å². The molecule has 104 valence electrons. The van der Waals surface area contributed by atoms with Gasteiger partial charge in [-0.3, -0.25) is 4.79 Å². The lowest BCUT2D eigenvalue weighted by Gasteiger charge is -2.31. The number of methoxy groups -OCH3 is 1. The Kier molecular flexibility index (Phi) is 3.74. The molecule has 1 rings (SSSR count). The van der Waals surface area contributed by atoms with Gasteiger partial charge in [-0.2, -0.15) is 0 Å². The molecule has 1 saturated heterocycles. The first-order valence-electron chi connectivity index (χ1n) is 5.79. The molecule has 0 aromatic heterocycles. The van der Waals surface area contributed by atoms with Crippen LogP contribution in [0.25, 0.3) is 0 Å². The smallest absolute Gasteiger partial charge is 0.418 e. The summed E-state index contributed by atoms with van der Waals surface area (Å²) in [6.45, 7) is 8.46. The van der Waals surface area contributed by atoms with Crippen molar-refractivity contribution in [2.45, 2.75) is 52.6 Å². The first kappa shape index (κ1) is 14.9. The van der Waals surface area contributed by atoms with Gasteiger partial charge in [-0.25, -0.2) is 9.69 Å². The zero-order valence-corrected chi connectivity index (χ0v) is 11.7. The molecule has 1 aliphatic rings. The fourth-order valence-corrected chi connectivity index (χ4v) is 1.83. The average molecular weight is 259 g/mol. The number of hydrogen-bond acceptors (Lipinski definition) is 5. The largest absolute Gasteiger partial charge is 0.452 e. The van der Waals surface area contributed by atoms with Gasteiger partial charge < -0.3 is 14.6 Å². The summed E-state index contributed by atoms with van der Waals surface area (Å²) >= 11 is 0.